The predicted octanol–water partition coefficient (Wildman–Crippen LogP) is 3.68. The van der Waals surface area contributed by atoms with E-state index in [1.165, 1.54) is 12.3 Å². The zero-order valence-electron chi connectivity index (χ0n) is 22.0. The molecule has 0 bridgehead atoms. The molecule has 2 heterocycles. The normalized spacial score (nSPS) is 16.7. The monoisotopic (exact) mass is 528 g/mol. The molecule has 1 fully saturated rings. The number of carbonyl (C=O) groups is 3. The average Bonchev–Trinajstić information content (AvgIpc) is 2.96. The first-order valence-corrected chi connectivity index (χ1v) is 12.7. The highest BCUT2D eigenvalue weighted by atomic mass is 16.5. The van der Waals surface area contributed by atoms with E-state index in [1.807, 2.05) is 49.2 Å². The van der Waals surface area contributed by atoms with Crippen LogP contribution in [0.2, 0.25) is 0 Å². The van der Waals surface area contributed by atoms with Crippen molar-refractivity contribution in [1.82, 2.24) is 14.9 Å². The van der Waals surface area contributed by atoms with Crippen LogP contribution in [-0.2, 0) is 16.1 Å². The van der Waals surface area contributed by atoms with Gasteiger partial charge in [-0.15, -0.1) is 0 Å². The Labute approximate surface area is 227 Å². The molecule has 3 aromatic rings. The maximum absolute atomic E-state index is 12.5. The van der Waals surface area contributed by atoms with Gasteiger partial charge in [0.05, 0.1) is 17.8 Å². The van der Waals surface area contributed by atoms with Crippen LogP contribution in [0.25, 0.3) is 0 Å². The zero-order chi connectivity index (χ0) is 27.9. The highest BCUT2D eigenvalue weighted by Crippen LogP contribution is 2.27. The highest BCUT2D eigenvalue weighted by Gasteiger charge is 2.33. The zero-order valence-corrected chi connectivity index (χ0v) is 22.0. The maximum Gasteiger partial charge on any atom is 0.338 e. The number of esters is 1. The summed E-state index contributed by atoms with van der Waals surface area (Å²) >= 11 is 0. The number of amides is 2. The molecule has 1 aliphatic heterocycles. The van der Waals surface area contributed by atoms with Crippen LogP contribution in [0.15, 0.2) is 73.4 Å². The van der Waals surface area contributed by atoms with Gasteiger partial charge in [-0.1, -0.05) is 36.9 Å². The standard InChI is InChI=1S/C29H32N6O4/c1-4-25(36)35-16-8-11-23(19(35)2)34(3)24-17-31-26(27(30)37)28(33-24)32-22-14-12-21(13-15-22)29(38)39-18-20-9-6-5-7-10-20/h4-7,9-10,12-15,17,19,23H,1,8,11,16,18H2,2-3H3,(H2,30,37)(H,32,33)/t19-,23-/m1/s1. The second kappa shape index (κ2) is 12.2. The molecule has 202 valence electrons. The van der Waals surface area contributed by atoms with Crippen molar-refractivity contribution in [3.05, 3.63) is 90.3 Å². The number of nitrogens with one attached hydrogen (secondary N) is 1. The van der Waals surface area contributed by atoms with Crippen LogP contribution in [0.1, 0.15) is 46.2 Å². The summed E-state index contributed by atoms with van der Waals surface area (Å²) in [6.07, 6.45) is 4.54. The van der Waals surface area contributed by atoms with Gasteiger partial charge in [0.2, 0.25) is 5.91 Å². The van der Waals surface area contributed by atoms with Crippen molar-refractivity contribution in [3.63, 3.8) is 0 Å². The smallest absolute Gasteiger partial charge is 0.338 e. The third-order valence-corrected chi connectivity index (χ3v) is 6.85. The molecule has 2 amide bonds. The highest BCUT2D eigenvalue weighted by molar-refractivity contribution is 5.96. The molecule has 4 rings (SSSR count). The molecule has 3 N–H and O–H groups in total. The number of benzene rings is 2. The molecule has 1 saturated heterocycles. The minimum Gasteiger partial charge on any atom is -0.457 e. The Kier molecular flexibility index (Phi) is 8.55. The number of likely N-dealkylation sites (tertiary alicyclic amines) is 1. The van der Waals surface area contributed by atoms with Gasteiger partial charge >= 0.3 is 5.97 Å². The lowest BCUT2D eigenvalue weighted by Crippen LogP contribution is -2.55. The van der Waals surface area contributed by atoms with Gasteiger partial charge in [0, 0.05) is 25.3 Å². The number of primary amides is 1. The number of piperidine rings is 1. The van der Waals surface area contributed by atoms with Crippen LogP contribution < -0.4 is 16.0 Å². The van der Waals surface area contributed by atoms with Crippen molar-refractivity contribution in [2.45, 2.75) is 38.5 Å². The summed E-state index contributed by atoms with van der Waals surface area (Å²) in [6, 6.07) is 16.0. The molecule has 2 aromatic carbocycles. The van der Waals surface area contributed by atoms with E-state index in [9.17, 15) is 14.4 Å². The summed E-state index contributed by atoms with van der Waals surface area (Å²) in [6.45, 7) is 6.46. The Morgan fingerprint density at radius 1 is 1.18 bits per heavy atom. The van der Waals surface area contributed by atoms with Crippen LogP contribution in [-0.4, -0.2) is 58.3 Å². The molecule has 39 heavy (non-hydrogen) atoms. The molecule has 1 aromatic heterocycles. The molecule has 10 heteroatoms. The number of anilines is 3. The van der Waals surface area contributed by atoms with Crippen molar-refractivity contribution in [2.24, 2.45) is 5.73 Å². The van der Waals surface area contributed by atoms with Gasteiger partial charge in [0.25, 0.3) is 5.91 Å². The molecule has 1 aliphatic rings. The molecule has 0 radical (unpaired) electrons. The average molecular weight is 529 g/mol. The summed E-state index contributed by atoms with van der Waals surface area (Å²) < 4.78 is 5.38. The van der Waals surface area contributed by atoms with Gasteiger partial charge in [0.1, 0.15) is 12.4 Å². The molecular weight excluding hydrogens is 496 g/mol. The van der Waals surface area contributed by atoms with Crippen molar-refractivity contribution in [3.8, 4) is 0 Å². The Hall–Kier alpha value is -4.73. The molecule has 0 saturated carbocycles. The third-order valence-electron chi connectivity index (χ3n) is 6.85. The van der Waals surface area contributed by atoms with E-state index in [0.717, 1.165) is 18.4 Å². The maximum atomic E-state index is 12.5. The Bertz CT molecular complexity index is 1350. The van der Waals surface area contributed by atoms with Gasteiger partial charge in [-0.25, -0.2) is 14.8 Å². The minimum atomic E-state index is -0.728. The van der Waals surface area contributed by atoms with Crippen molar-refractivity contribution in [2.75, 3.05) is 23.8 Å². The molecule has 0 spiro atoms. The van der Waals surface area contributed by atoms with Crippen LogP contribution in [0, 0.1) is 0 Å². The Morgan fingerprint density at radius 2 is 1.90 bits per heavy atom. The summed E-state index contributed by atoms with van der Waals surface area (Å²) in [7, 11) is 1.89. The van der Waals surface area contributed by atoms with Crippen LogP contribution in [0.4, 0.5) is 17.3 Å². The number of ether oxygens (including phenoxy) is 1. The van der Waals surface area contributed by atoms with E-state index < -0.39 is 11.9 Å². The number of nitrogens with two attached hydrogens (primary N) is 1. The van der Waals surface area contributed by atoms with E-state index in [4.69, 9.17) is 10.5 Å². The molecule has 0 unspecified atom stereocenters. The Balaban J connectivity index is 1.49. The number of carbonyl (C=O) groups excluding carboxylic acids is 3. The predicted molar refractivity (Wildman–Crippen MR) is 149 cm³/mol. The number of hydrogen-bond donors (Lipinski definition) is 2. The molecular formula is C29H32N6O4. The largest absolute Gasteiger partial charge is 0.457 e. The first-order valence-electron chi connectivity index (χ1n) is 12.7. The fourth-order valence-electron chi connectivity index (χ4n) is 4.69. The van der Waals surface area contributed by atoms with Crippen LogP contribution >= 0.6 is 0 Å². The molecule has 0 aliphatic carbocycles. The number of aromatic nitrogens is 2. The van der Waals surface area contributed by atoms with E-state index >= 15 is 0 Å². The van der Waals surface area contributed by atoms with Crippen molar-refractivity contribution < 1.29 is 19.1 Å². The van der Waals surface area contributed by atoms with Gasteiger partial charge < -0.3 is 25.6 Å². The van der Waals surface area contributed by atoms with Crippen molar-refractivity contribution >= 4 is 35.1 Å². The van der Waals surface area contributed by atoms with Crippen LogP contribution in [0.5, 0.6) is 0 Å². The quantitative estimate of drug-likeness (QED) is 0.318. The van der Waals surface area contributed by atoms with E-state index in [1.54, 1.807) is 29.2 Å². The fraction of sp³-hybridized carbons (Fsp3) is 0.276. The summed E-state index contributed by atoms with van der Waals surface area (Å²) in [5.74, 6) is -0.570. The topological polar surface area (TPSA) is 131 Å². The first-order chi connectivity index (χ1) is 18.8. The summed E-state index contributed by atoms with van der Waals surface area (Å²) in [5.41, 5.74) is 7.41. The van der Waals surface area contributed by atoms with Crippen LogP contribution in [0.3, 0.4) is 0 Å². The Morgan fingerprint density at radius 3 is 2.56 bits per heavy atom. The van der Waals surface area contributed by atoms with E-state index in [-0.39, 0.29) is 36.1 Å². The lowest BCUT2D eigenvalue weighted by atomic mass is 9.96. The van der Waals surface area contributed by atoms with E-state index in [0.29, 0.717) is 23.6 Å². The lowest BCUT2D eigenvalue weighted by Gasteiger charge is -2.43. The van der Waals surface area contributed by atoms with Gasteiger partial charge in [0.15, 0.2) is 11.5 Å². The number of nitrogens with zero attached hydrogens (tertiary/aromatic N) is 4. The SMILES string of the molecule is C=CC(=O)N1CCC[C@@H](N(C)c2cnc(C(N)=O)c(Nc3ccc(C(=O)OCc4ccccc4)cc3)n2)[C@H]1C. The van der Waals surface area contributed by atoms with E-state index in [2.05, 4.69) is 21.9 Å². The third kappa shape index (κ3) is 6.40. The fourth-order valence-corrected chi connectivity index (χ4v) is 4.69. The second-order valence-electron chi connectivity index (χ2n) is 9.35. The second-order valence-corrected chi connectivity index (χ2v) is 9.35. The van der Waals surface area contributed by atoms with Gasteiger partial charge in [-0.3, -0.25) is 9.59 Å². The van der Waals surface area contributed by atoms with Gasteiger partial charge in [-0.2, -0.15) is 0 Å². The molecule has 2 atom stereocenters. The first kappa shape index (κ1) is 27.3. The minimum absolute atomic E-state index is 0.00888. The van der Waals surface area contributed by atoms with Crippen molar-refractivity contribution in [1.29, 1.82) is 0 Å². The summed E-state index contributed by atoms with van der Waals surface area (Å²) in [4.78, 5) is 49.5. The lowest BCUT2D eigenvalue weighted by molar-refractivity contribution is -0.129. The number of hydrogen-bond acceptors (Lipinski definition) is 8. The number of rotatable bonds is 9. The summed E-state index contributed by atoms with van der Waals surface area (Å²) in [5, 5.41) is 3.09. The number of likely N-dealkylation sites (N-methyl/N-ethyl adjacent to an activating group) is 1. The van der Waals surface area contributed by atoms with Gasteiger partial charge in [-0.05, 0) is 55.7 Å². The molecule has 10 nitrogen and oxygen atoms in total.